The zero-order chi connectivity index (χ0) is 14.0. The molecule has 2 heterocycles. The van der Waals surface area contributed by atoms with Crippen molar-refractivity contribution in [1.82, 2.24) is 10.3 Å². The highest BCUT2D eigenvalue weighted by Crippen LogP contribution is 2.29. The minimum atomic E-state index is 0.457. The number of halogens is 1. The predicted molar refractivity (Wildman–Crippen MR) is 81.8 cm³/mol. The highest BCUT2D eigenvalue weighted by molar-refractivity contribution is 6.31. The Kier molecular flexibility index (Phi) is 4.69. The smallest absolute Gasteiger partial charge is 0.129 e. The Morgan fingerprint density at radius 3 is 2.79 bits per heavy atom. The van der Waals surface area contributed by atoms with E-state index >= 15 is 0 Å². The summed E-state index contributed by atoms with van der Waals surface area (Å²) in [7, 11) is 0. The van der Waals surface area contributed by atoms with Crippen molar-refractivity contribution in [1.29, 1.82) is 0 Å². The topological polar surface area (TPSA) is 28.2 Å². The molecule has 0 amide bonds. The third-order valence-corrected chi connectivity index (χ3v) is 4.04. The van der Waals surface area contributed by atoms with E-state index in [1.165, 1.54) is 6.42 Å². The Labute approximate surface area is 121 Å². The van der Waals surface area contributed by atoms with E-state index in [-0.39, 0.29) is 0 Å². The second-order valence-electron chi connectivity index (χ2n) is 6.01. The molecule has 1 saturated heterocycles. The Balaban J connectivity index is 2.16. The monoisotopic (exact) mass is 281 g/mol. The predicted octanol–water partition coefficient (Wildman–Crippen LogP) is 3.47. The van der Waals surface area contributed by atoms with Gasteiger partial charge in [0.05, 0.1) is 5.02 Å². The fourth-order valence-electron chi connectivity index (χ4n) is 2.69. The van der Waals surface area contributed by atoms with Gasteiger partial charge in [0, 0.05) is 31.4 Å². The Morgan fingerprint density at radius 2 is 2.21 bits per heavy atom. The molecule has 2 unspecified atom stereocenters. The molecule has 1 aromatic heterocycles. The lowest BCUT2D eigenvalue weighted by Gasteiger charge is -2.23. The zero-order valence-electron chi connectivity index (χ0n) is 12.3. The molecule has 19 heavy (non-hydrogen) atoms. The Bertz CT molecular complexity index is 433. The number of pyridine rings is 1. The SMILES string of the molecule is CC1CC(C)N(c2cc(CNC(C)C)c(Cl)cn2)C1. The third-order valence-electron chi connectivity index (χ3n) is 3.70. The molecule has 2 atom stereocenters. The molecule has 0 saturated carbocycles. The van der Waals surface area contributed by atoms with E-state index in [0.717, 1.165) is 35.4 Å². The minimum Gasteiger partial charge on any atom is -0.354 e. The number of nitrogens with zero attached hydrogens (tertiary/aromatic N) is 2. The first-order valence-corrected chi connectivity index (χ1v) is 7.49. The van der Waals surface area contributed by atoms with Crippen LogP contribution in [-0.2, 0) is 6.54 Å². The quantitative estimate of drug-likeness (QED) is 0.916. The van der Waals surface area contributed by atoms with Gasteiger partial charge in [-0.15, -0.1) is 0 Å². The average Bonchev–Trinajstić information content (AvgIpc) is 2.67. The van der Waals surface area contributed by atoms with Crippen molar-refractivity contribution in [3.63, 3.8) is 0 Å². The summed E-state index contributed by atoms with van der Waals surface area (Å²) in [5.41, 5.74) is 1.13. The van der Waals surface area contributed by atoms with Crippen LogP contribution < -0.4 is 10.2 Å². The summed E-state index contributed by atoms with van der Waals surface area (Å²) in [6.45, 7) is 10.7. The highest BCUT2D eigenvalue weighted by Gasteiger charge is 2.27. The van der Waals surface area contributed by atoms with Crippen LogP contribution in [0.5, 0.6) is 0 Å². The van der Waals surface area contributed by atoms with Crippen LogP contribution in [0.1, 0.15) is 39.7 Å². The normalized spacial score (nSPS) is 23.4. The van der Waals surface area contributed by atoms with Crippen molar-refractivity contribution in [3.8, 4) is 0 Å². The molecule has 4 heteroatoms. The van der Waals surface area contributed by atoms with Gasteiger partial charge < -0.3 is 10.2 Å². The molecule has 2 rings (SSSR count). The summed E-state index contributed by atoms with van der Waals surface area (Å²) in [5, 5.41) is 4.16. The molecule has 3 nitrogen and oxygen atoms in total. The fourth-order valence-corrected chi connectivity index (χ4v) is 2.86. The van der Waals surface area contributed by atoms with E-state index in [0.29, 0.717) is 12.1 Å². The van der Waals surface area contributed by atoms with Crippen molar-refractivity contribution in [2.75, 3.05) is 11.4 Å². The zero-order valence-corrected chi connectivity index (χ0v) is 13.0. The van der Waals surface area contributed by atoms with Crippen LogP contribution in [0.3, 0.4) is 0 Å². The summed E-state index contributed by atoms with van der Waals surface area (Å²) in [6, 6.07) is 3.15. The summed E-state index contributed by atoms with van der Waals surface area (Å²) >= 11 is 6.23. The molecular formula is C15H24ClN3. The number of hydrogen-bond donors (Lipinski definition) is 1. The molecule has 1 aliphatic rings. The fraction of sp³-hybridized carbons (Fsp3) is 0.667. The first-order valence-electron chi connectivity index (χ1n) is 7.11. The van der Waals surface area contributed by atoms with E-state index in [4.69, 9.17) is 11.6 Å². The van der Waals surface area contributed by atoms with Crippen molar-refractivity contribution in [2.45, 2.75) is 52.7 Å². The molecule has 1 N–H and O–H groups in total. The molecule has 0 aromatic carbocycles. The van der Waals surface area contributed by atoms with Gasteiger partial charge in [-0.05, 0) is 30.9 Å². The number of nitrogens with one attached hydrogen (secondary N) is 1. The van der Waals surface area contributed by atoms with Gasteiger partial charge in [-0.2, -0.15) is 0 Å². The van der Waals surface area contributed by atoms with Crippen LogP contribution in [0.15, 0.2) is 12.3 Å². The lowest BCUT2D eigenvalue weighted by Crippen LogP contribution is -2.28. The summed E-state index contributed by atoms with van der Waals surface area (Å²) in [4.78, 5) is 6.89. The van der Waals surface area contributed by atoms with E-state index in [1.807, 2.05) is 0 Å². The maximum absolute atomic E-state index is 6.23. The van der Waals surface area contributed by atoms with Gasteiger partial charge in [0.25, 0.3) is 0 Å². The third kappa shape index (κ3) is 3.61. The molecule has 0 radical (unpaired) electrons. The standard InChI is InChI=1S/C15H24ClN3/c1-10(2)17-7-13-6-15(18-8-14(13)16)19-9-11(3)5-12(19)4/h6,8,10-12,17H,5,7,9H2,1-4H3. The molecule has 1 aliphatic heterocycles. The minimum absolute atomic E-state index is 0.457. The van der Waals surface area contributed by atoms with Crippen molar-refractivity contribution in [2.24, 2.45) is 5.92 Å². The Hall–Kier alpha value is -0.800. The van der Waals surface area contributed by atoms with Crippen LogP contribution in [0.25, 0.3) is 0 Å². The van der Waals surface area contributed by atoms with E-state index in [1.54, 1.807) is 6.20 Å². The van der Waals surface area contributed by atoms with Gasteiger partial charge in [0.15, 0.2) is 0 Å². The van der Waals surface area contributed by atoms with E-state index < -0.39 is 0 Å². The van der Waals surface area contributed by atoms with E-state index in [9.17, 15) is 0 Å². The maximum atomic E-state index is 6.23. The molecule has 0 bridgehead atoms. The number of hydrogen-bond acceptors (Lipinski definition) is 3. The highest BCUT2D eigenvalue weighted by atomic mass is 35.5. The molecule has 0 spiro atoms. The Morgan fingerprint density at radius 1 is 1.47 bits per heavy atom. The van der Waals surface area contributed by atoms with Gasteiger partial charge in [0.1, 0.15) is 5.82 Å². The van der Waals surface area contributed by atoms with E-state index in [2.05, 4.69) is 49.0 Å². The van der Waals surface area contributed by atoms with Crippen LogP contribution in [0.4, 0.5) is 5.82 Å². The molecule has 1 fully saturated rings. The van der Waals surface area contributed by atoms with Crippen LogP contribution in [-0.4, -0.2) is 23.6 Å². The summed E-state index contributed by atoms with van der Waals surface area (Å²) < 4.78 is 0. The van der Waals surface area contributed by atoms with Crippen molar-refractivity contribution >= 4 is 17.4 Å². The molecular weight excluding hydrogens is 258 g/mol. The first-order chi connectivity index (χ1) is 8.97. The van der Waals surface area contributed by atoms with Gasteiger partial charge in [-0.25, -0.2) is 4.98 Å². The van der Waals surface area contributed by atoms with Crippen LogP contribution in [0, 0.1) is 5.92 Å². The molecule has 106 valence electrons. The van der Waals surface area contributed by atoms with Crippen LogP contribution >= 0.6 is 11.6 Å². The molecule has 0 aliphatic carbocycles. The summed E-state index contributed by atoms with van der Waals surface area (Å²) in [6.07, 6.45) is 3.02. The van der Waals surface area contributed by atoms with Gasteiger partial charge in [-0.3, -0.25) is 0 Å². The lowest BCUT2D eigenvalue weighted by atomic mass is 10.1. The largest absolute Gasteiger partial charge is 0.354 e. The number of anilines is 1. The lowest BCUT2D eigenvalue weighted by molar-refractivity contribution is 0.588. The van der Waals surface area contributed by atoms with Crippen molar-refractivity contribution < 1.29 is 0 Å². The summed E-state index contributed by atoms with van der Waals surface area (Å²) in [5.74, 6) is 1.80. The van der Waals surface area contributed by atoms with Crippen LogP contribution in [0.2, 0.25) is 5.02 Å². The second-order valence-corrected chi connectivity index (χ2v) is 6.42. The van der Waals surface area contributed by atoms with Gasteiger partial charge in [0.2, 0.25) is 0 Å². The van der Waals surface area contributed by atoms with Gasteiger partial charge in [-0.1, -0.05) is 32.4 Å². The second kappa shape index (κ2) is 6.10. The number of rotatable bonds is 4. The first kappa shape index (κ1) is 14.6. The molecule has 1 aromatic rings. The average molecular weight is 282 g/mol. The van der Waals surface area contributed by atoms with Gasteiger partial charge >= 0.3 is 0 Å². The maximum Gasteiger partial charge on any atom is 0.129 e. The number of aromatic nitrogens is 1. The van der Waals surface area contributed by atoms with Crippen molar-refractivity contribution in [3.05, 3.63) is 22.8 Å².